The molecule has 15 heavy (non-hydrogen) atoms. The smallest absolute Gasteiger partial charge is 0.0256 e. The van der Waals surface area contributed by atoms with Gasteiger partial charge in [-0.3, -0.25) is 0 Å². The first-order valence-electron chi connectivity index (χ1n) is 5.04. The fourth-order valence-corrected chi connectivity index (χ4v) is 1.11. The summed E-state index contributed by atoms with van der Waals surface area (Å²) in [5, 5.41) is 0. The molecule has 1 rings (SSSR count). The minimum absolute atomic E-state index is 0.997. The molecule has 0 aromatic heterocycles. The zero-order valence-electron chi connectivity index (χ0n) is 9.06. The van der Waals surface area contributed by atoms with Crippen LogP contribution in [0.1, 0.15) is 12.5 Å². The van der Waals surface area contributed by atoms with E-state index in [0.717, 1.165) is 5.57 Å². The molecule has 0 saturated carbocycles. The quantitative estimate of drug-likeness (QED) is 0.626. The lowest BCUT2D eigenvalue weighted by atomic mass is 10.1. The first-order valence-corrected chi connectivity index (χ1v) is 5.04. The van der Waals surface area contributed by atoms with E-state index in [1.54, 1.807) is 0 Å². The van der Waals surface area contributed by atoms with Crippen LogP contribution in [0.15, 0.2) is 72.9 Å². The normalized spacial score (nSPS) is 11.8. The highest BCUT2D eigenvalue weighted by Crippen LogP contribution is 2.04. The molecular weight excluding hydrogens is 180 g/mol. The molecule has 0 fully saturated rings. The molecule has 0 nitrogen and oxygen atoms in total. The Morgan fingerprint density at radius 3 is 2.47 bits per heavy atom. The van der Waals surface area contributed by atoms with Crippen LogP contribution in [0.5, 0.6) is 0 Å². The molecule has 0 spiro atoms. The van der Waals surface area contributed by atoms with Crippen LogP contribution in [0.25, 0.3) is 6.08 Å². The minimum atomic E-state index is 0.997. The van der Waals surface area contributed by atoms with Gasteiger partial charge in [-0.25, -0.2) is 0 Å². The lowest BCUT2D eigenvalue weighted by Gasteiger charge is -1.91. The van der Waals surface area contributed by atoms with Crippen molar-refractivity contribution in [2.75, 3.05) is 0 Å². The maximum atomic E-state index is 3.93. The first kappa shape index (κ1) is 11.3. The van der Waals surface area contributed by atoms with Crippen molar-refractivity contribution in [1.29, 1.82) is 0 Å². The van der Waals surface area contributed by atoms with Crippen molar-refractivity contribution < 1.29 is 0 Å². The van der Waals surface area contributed by atoms with Crippen molar-refractivity contribution in [3.05, 3.63) is 78.4 Å². The molecule has 0 unspecified atom stereocenters. The Hall–Kier alpha value is -1.82. The summed E-state index contributed by atoms with van der Waals surface area (Å²) < 4.78 is 0. The van der Waals surface area contributed by atoms with Crippen molar-refractivity contribution in [3.8, 4) is 0 Å². The van der Waals surface area contributed by atoms with Crippen LogP contribution in [0.2, 0.25) is 0 Å². The molecule has 0 aliphatic rings. The highest BCUT2D eigenvalue weighted by molar-refractivity contribution is 5.54. The van der Waals surface area contributed by atoms with Gasteiger partial charge < -0.3 is 0 Å². The Morgan fingerprint density at radius 1 is 1.07 bits per heavy atom. The van der Waals surface area contributed by atoms with E-state index < -0.39 is 0 Å². The second kappa shape index (κ2) is 6.61. The largest absolute Gasteiger partial charge is 0.0918 e. The third-order valence-corrected chi connectivity index (χ3v) is 1.90. The molecular formula is C15H16. The zero-order valence-corrected chi connectivity index (χ0v) is 9.06. The van der Waals surface area contributed by atoms with Gasteiger partial charge in [-0.05, 0) is 18.1 Å². The Balaban J connectivity index is 2.55. The third-order valence-electron chi connectivity index (χ3n) is 1.90. The summed E-state index contributed by atoms with van der Waals surface area (Å²) in [4.78, 5) is 0. The van der Waals surface area contributed by atoms with Gasteiger partial charge in [0.05, 0.1) is 0 Å². The summed E-state index contributed by atoms with van der Waals surface area (Å²) in [5.74, 6) is 0. The molecule has 0 saturated heterocycles. The maximum absolute atomic E-state index is 3.93. The third kappa shape index (κ3) is 4.82. The van der Waals surface area contributed by atoms with Gasteiger partial charge >= 0.3 is 0 Å². The van der Waals surface area contributed by atoms with Crippen molar-refractivity contribution in [2.24, 2.45) is 0 Å². The summed E-state index contributed by atoms with van der Waals surface area (Å²) >= 11 is 0. The topological polar surface area (TPSA) is 0 Å². The molecule has 0 amide bonds. The molecule has 0 aliphatic carbocycles. The van der Waals surface area contributed by atoms with Crippen LogP contribution in [0.3, 0.4) is 0 Å². The van der Waals surface area contributed by atoms with E-state index in [4.69, 9.17) is 0 Å². The summed E-state index contributed by atoms with van der Waals surface area (Å²) in [5.41, 5.74) is 2.19. The maximum Gasteiger partial charge on any atom is -0.0256 e. The molecule has 0 radical (unpaired) electrons. The second-order valence-corrected chi connectivity index (χ2v) is 3.20. The summed E-state index contributed by atoms with van der Waals surface area (Å²) in [7, 11) is 0. The van der Waals surface area contributed by atoms with E-state index in [-0.39, 0.29) is 0 Å². The Morgan fingerprint density at radius 2 is 1.80 bits per heavy atom. The lowest BCUT2D eigenvalue weighted by Crippen LogP contribution is -1.70. The number of benzene rings is 1. The van der Waals surface area contributed by atoms with Gasteiger partial charge in [0.25, 0.3) is 0 Å². The number of rotatable bonds is 4. The molecule has 0 aliphatic heterocycles. The predicted octanol–water partition coefficient (Wildman–Crippen LogP) is 4.39. The fourth-order valence-electron chi connectivity index (χ4n) is 1.11. The van der Waals surface area contributed by atoms with E-state index in [9.17, 15) is 0 Å². The van der Waals surface area contributed by atoms with Gasteiger partial charge in [0, 0.05) is 0 Å². The van der Waals surface area contributed by atoms with Gasteiger partial charge in [-0.15, -0.1) is 0 Å². The van der Waals surface area contributed by atoms with E-state index in [0.29, 0.717) is 0 Å². The molecule has 0 N–H and O–H groups in total. The predicted molar refractivity (Wildman–Crippen MR) is 68.6 cm³/mol. The Kier molecular flexibility index (Phi) is 4.96. The van der Waals surface area contributed by atoms with Crippen molar-refractivity contribution in [3.63, 3.8) is 0 Å². The van der Waals surface area contributed by atoms with Gasteiger partial charge in [-0.2, -0.15) is 0 Å². The highest BCUT2D eigenvalue weighted by atomic mass is 13.9. The molecule has 1 aromatic carbocycles. The van der Waals surface area contributed by atoms with Crippen molar-refractivity contribution in [1.82, 2.24) is 0 Å². The average molecular weight is 196 g/mol. The van der Waals surface area contributed by atoms with Crippen molar-refractivity contribution in [2.45, 2.75) is 6.92 Å². The molecule has 0 bridgehead atoms. The van der Waals surface area contributed by atoms with E-state index in [1.807, 2.05) is 55.5 Å². The fraction of sp³-hybridized carbons (Fsp3) is 0.0667. The van der Waals surface area contributed by atoms with Crippen molar-refractivity contribution >= 4 is 6.08 Å². The van der Waals surface area contributed by atoms with Gasteiger partial charge in [0.2, 0.25) is 0 Å². The van der Waals surface area contributed by atoms with Crippen LogP contribution in [0, 0.1) is 0 Å². The van der Waals surface area contributed by atoms with E-state index >= 15 is 0 Å². The van der Waals surface area contributed by atoms with Crippen LogP contribution < -0.4 is 0 Å². The summed E-state index contributed by atoms with van der Waals surface area (Å²) in [6.07, 6.45) is 12.0. The van der Waals surface area contributed by atoms with E-state index in [1.165, 1.54) is 5.56 Å². The number of hydrogen-bond donors (Lipinski definition) is 0. The van der Waals surface area contributed by atoms with Crippen LogP contribution in [-0.2, 0) is 0 Å². The molecule has 0 heteroatoms. The van der Waals surface area contributed by atoms with Crippen LogP contribution in [0.4, 0.5) is 0 Å². The highest BCUT2D eigenvalue weighted by Gasteiger charge is 1.83. The monoisotopic (exact) mass is 196 g/mol. The molecule has 76 valence electrons. The summed E-state index contributed by atoms with van der Waals surface area (Å²) in [6.45, 7) is 5.93. The average Bonchev–Trinajstić information content (AvgIpc) is 2.28. The van der Waals surface area contributed by atoms with Crippen LogP contribution in [-0.4, -0.2) is 0 Å². The Bertz CT molecular complexity index is 378. The standard InChI is InChI=1S/C15H16/c1-3-4-6-9-14(2)12-13-15-10-7-5-8-11-15/h3-13H,2H2,1H3/b4-3-,9-6-,13-12+. The lowest BCUT2D eigenvalue weighted by molar-refractivity contribution is 1.65. The van der Waals surface area contributed by atoms with E-state index in [2.05, 4.69) is 24.8 Å². The zero-order chi connectivity index (χ0) is 10.9. The van der Waals surface area contributed by atoms with Crippen LogP contribution >= 0.6 is 0 Å². The SMILES string of the molecule is C=C(/C=C\C=C/C)/C=C/c1ccccc1. The molecule has 0 heterocycles. The molecule has 1 aromatic rings. The second-order valence-electron chi connectivity index (χ2n) is 3.20. The van der Waals surface area contributed by atoms with Gasteiger partial charge in [0.1, 0.15) is 0 Å². The number of allylic oxidation sites excluding steroid dienone is 6. The van der Waals surface area contributed by atoms with Gasteiger partial charge in [-0.1, -0.05) is 73.4 Å². The molecule has 0 atom stereocenters. The van der Waals surface area contributed by atoms with Gasteiger partial charge in [0.15, 0.2) is 0 Å². The Labute approximate surface area is 92.0 Å². The number of hydrogen-bond acceptors (Lipinski definition) is 0. The summed E-state index contributed by atoms with van der Waals surface area (Å²) in [6, 6.07) is 10.2. The minimum Gasteiger partial charge on any atom is -0.0918 e. The first-order chi connectivity index (χ1) is 7.33.